The molecule has 100 valence electrons. The van der Waals surface area contributed by atoms with E-state index in [0.717, 1.165) is 41.0 Å². The third-order valence-electron chi connectivity index (χ3n) is 2.64. The molecule has 0 atom stereocenters. The van der Waals surface area contributed by atoms with Crippen molar-refractivity contribution >= 4 is 15.9 Å². The van der Waals surface area contributed by atoms with Crippen LogP contribution in [0.3, 0.4) is 0 Å². The quantitative estimate of drug-likeness (QED) is 0.812. The van der Waals surface area contributed by atoms with E-state index in [1.54, 1.807) is 6.20 Å². The molecular weight excluding hydrogens is 304 g/mol. The van der Waals surface area contributed by atoms with Crippen molar-refractivity contribution in [1.82, 2.24) is 10.3 Å². The van der Waals surface area contributed by atoms with Crippen LogP contribution in [0.25, 0.3) is 0 Å². The van der Waals surface area contributed by atoms with Crippen LogP contribution in [-0.4, -0.2) is 11.5 Å². The van der Waals surface area contributed by atoms with E-state index in [-0.39, 0.29) is 0 Å². The molecule has 0 spiro atoms. The lowest BCUT2D eigenvalue weighted by atomic mass is 10.2. The van der Waals surface area contributed by atoms with Crippen LogP contribution in [0.4, 0.5) is 0 Å². The Kier molecular flexibility index (Phi) is 5.36. The zero-order chi connectivity index (χ0) is 13.5. The third-order valence-corrected chi connectivity index (χ3v) is 3.17. The SMILES string of the molecule is CCCNCc1cnccc1Oc1ccc(Br)cc1. The first-order valence-electron chi connectivity index (χ1n) is 6.36. The number of nitrogens with one attached hydrogen (secondary N) is 1. The molecule has 0 saturated carbocycles. The first kappa shape index (κ1) is 14.0. The van der Waals surface area contributed by atoms with E-state index >= 15 is 0 Å². The molecule has 0 fully saturated rings. The molecule has 19 heavy (non-hydrogen) atoms. The van der Waals surface area contributed by atoms with Gasteiger partial charge in [-0.3, -0.25) is 4.98 Å². The Labute approximate surface area is 122 Å². The van der Waals surface area contributed by atoms with Crippen molar-refractivity contribution in [3.63, 3.8) is 0 Å². The minimum Gasteiger partial charge on any atom is -0.457 e. The molecule has 0 aliphatic heterocycles. The average molecular weight is 321 g/mol. The van der Waals surface area contributed by atoms with Gasteiger partial charge in [-0.25, -0.2) is 0 Å². The van der Waals surface area contributed by atoms with Gasteiger partial charge >= 0.3 is 0 Å². The number of ether oxygens (including phenoxy) is 1. The monoisotopic (exact) mass is 320 g/mol. The lowest BCUT2D eigenvalue weighted by Crippen LogP contribution is -2.14. The van der Waals surface area contributed by atoms with Gasteiger partial charge in [0.15, 0.2) is 0 Å². The second-order valence-electron chi connectivity index (χ2n) is 4.22. The lowest BCUT2D eigenvalue weighted by Gasteiger charge is -2.11. The van der Waals surface area contributed by atoms with E-state index in [4.69, 9.17) is 4.74 Å². The minimum absolute atomic E-state index is 0.771. The number of benzene rings is 1. The number of nitrogens with zero attached hydrogens (tertiary/aromatic N) is 1. The molecule has 1 aromatic carbocycles. The maximum absolute atomic E-state index is 5.89. The average Bonchev–Trinajstić information content (AvgIpc) is 2.43. The highest BCUT2D eigenvalue weighted by atomic mass is 79.9. The molecule has 0 aliphatic carbocycles. The number of rotatable bonds is 6. The molecule has 2 rings (SSSR count). The summed E-state index contributed by atoms with van der Waals surface area (Å²) < 4.78 is 6.94. The summed E-state index contributed by atoms with van der Waals surface area (Å²) in [5.41, 5.74) is 1.07. The van der Waals surface area contributed by atoms with E-state index in [2.05, 4.69) is 33.2 Å². The van der Waals surface area contributed by atoms with Crippen molar-refractivity contribution in [2.75, 3.05) is 6.54 Å². The van der Waals surface area contributed by atoms with Gasteiger partial charge in [-0.1, -0.05) is 22.9 Å². The number of aromatic nitrogens is 1. The van der Waals surface area contributed by atoms with Crippen molar-refractivity contribution in [2.24, 2.45) is 0 Å². The van der Waals surface area contributed by atoms with Crippen molar-refractivity contribution in [3.05, 3.63) is 52.8 Å². The van der Waals surface area contributed by atoms with Crippen LogP contribution in [-0.2, 0) is 6.54 Å². The smallest absolute Gasteiger partial charge is 0.134 e. The van der Waals surface area contributed by atoms with Crippen molar-refractivity contribution in [3.8, 4) is 11.5 Å². The van der Waals surface area contributed by atoms with Crippen LogP contribution in [0.2, 0.25) is 0 Å². The summed E-state index contributed by atoms with van der Waals surface area (Å²) in [5, 5.41) is 3.36. The highest BCUT2D eigenvalue weighted by molar-refractivity contribution is 9.10. The highest BCUT2D eigenvalue weighted by Crippen LogP contribution is 2.25. The Balaban J connectivity index is 2.08. The molecule has 3 nitrogen and oxygen atoms in total. The molecule has 0 bridgehead atoms. The van der Waals surface area contributed by atoms with Gasteiger partial charge < -0.3 is 10.1 Å². The maximum Gasteiger partial charge on any atom is 0.134 e. The summed E-state index contributed by atoms with van der Waals surface area (Å²) in [5.74, 6) is 1.67. The Morgan fingerprint density at radius 1 is 1.21 bits per heavy atom. The molecule has 0 aliphatic rings. The van der Waals surface area contributed by atoms with E-state index in [1.807, 2.05) is 36.5 Å². The van der Waals surface area contributed by atoms with Crippen LogP contribution < -0.4 is 10.1 Å². The topological polar surface area (TPSA) is 34.2 Å². The van der Waals surface area contributed by atoms with Crippen molar-refractivity contribution in [1.29, 1.82) is 0 Å². The fourth-order valence-corrected chi connectivity index (χ4v) is 1.94. The summed E-state index contributed by atoms with van der Waals surface area (Å²) in [4.78, 5) is 4.15. The van der Waals surface area contributed by atoms with Gasteiger partial charge in [0.05, 0.1) is 0 Å². The van der Waals surface area contributed by atoms with E-state index in [0.29, 0.717) is 0 Å². The fraction of sp³-hybridized carbons (Fsp3) is 0.267. The van der Waals surface area contributed by atoms with E-state index < -0.39 is 0 Å². The standard InChI is InChI=1S/C15H17BrN2O/c1-2-8-17-10-12-11-18-9-7-15(12)19-14-5-3-13(16)4-6-14/h3-7,9,11,17H,2,8,10H2,1H3. The Morgan fingerprint density at radius 2 is 2.00 bits per heavy atom. The second-order valence-corrected chi connectivity index (χ2v) is 5.13. The molecule has 0 radical (unpaired) electrons. The molecule has 0 saturated heterocycles. The largest absolute Gasteiger partial charge is 0.457 e. The molecule has 1 N–H and O–H groups in total. The van der Waals surface area contributed by atoms with Gasteiger partial charge in [-0.05, 0) is 43.3 Å². The number of hydrogen-bond acceptors (Lipinski definition) is 3. The minimum atomic E-state index is 0.771. The second kappa shape index (κ2) is 7.26. The van der Waals surface area contributed by atoms with Crippen LogP contribution >= 0.6 is 15.9 Å². The highest BCUT2D eigenvalue weighted by Gasteiger charge is 2.04. The normalized spacial score (nSPS) is 10.4. The first-order valence-corrected chi connectivity index (χ1v) is 7.16. The molecular formula is C15H17BrN2O. The lowest BCUT2D eigenvalue weighted by molar-refractivity contribution is 0.471. The van der Waals surface area contributed by atoms with E-state index in [9.17, 15) is 0 Å². The van der Waals surface area contributed by atoms with Crippen molar-refractivity contribution < 1.29 is 4.74 Å². The van der Waals surface area contributed by atoms with Crippen LogP contribution in [0.1, 0.15) is 18.9 Å². The summed E-state index contributed by atoms with van der Waals surface area (Å²) >= 11 is 3.41. The summed E-state index contributed by atoms with van der Waals surface area (Å²) in [6.45, 7) is 3.91. The van der Waals surface area contributed by atoms with Crippen molar-refractivity contribution in [2.45, 2.75) is 19.9 Å². The van der Waals surface area contributed by atoms with Crippen LogP contribution in [0, 0.1) is 0 Å². The maximum atomic E-state index is 5.89. The summed E-state index contributed by atoms with van der Waals surface area (Å²) in [6, 6.07) is 9.70. The Morgan fingerprint density at radius 3 is 2.74 bits per heavy atom. The number of hydrogen-bond donors (Lipinski definition) is 1. The first-order chi connectivity index (χ1) is 9.29. The number of pyridine rings is 1. The van der Waals surface area contributed by atoms with Gasteiger partial charge in [0.25, 0.3) is 0 Å². The summed E-state index contributed by atoms with van der Waals surface area (Å²) in [7, 11) is 0. The predicted octanol–water partition coefficient (Wildman–Crippen LogP) is 4.14. The molecule has 2 aromatic rings. The Bertz CT molecular complexity index is 514. The van der Waals surface area contributed by atoms with Gasteiger partial charge in [0.2, 0.25) is 0 Å². The van der Waals surface area contributed by atoms with Crippen LogP contribution in [0.15, 0.2) is 47.2 Å². The molecule has 1 heterocycles. The van der Waals surface area contributed by atoms with E-state index in [1.165, 1.54) is 0 Å². The fourth-order valence-electron chi connectivity index (χ4n) is 1.68. The van der Waals surface area contributed by atoms with Crippen LogP contribution in [0.5, 0.6) is 11.5 Å². The van der Waals surface area contributed by atoms with Gasteiger partial charge in [-0.15, -0.1) is 0 Å². The molecule has 0 amide bonds. The molecule has 0 unspecified atom stereocenters. The number of halogens is 1. The van der Waals surface area contributed by atoms with Gasteiger partial charge in [-0.2, -0.15) is 0 Å². The predicted molar refractivity (Wildman–Crippen MR) is 80.5 cm³/mol. The molecule has 1 aromatic heterocycles. The molecule has 4 heteroatoms. The zero-order valence-electron chi connectivity index (χ0n) is 10.9. The van der Waals surface area contributed by atoms with Gasteiger partial charge in [0.1, 0.15) is 11.5 Å². The zero-order valence-corrected chi connectivity index (χ0v) is 12.5. The third kappa shape index (κ3) is 4.33. The van der Waals surface area contributed by atoms with Gasteiger partial charge in [0, 0.05) is 29.0 Å². The Hall–Kier alpha value is -1.39. The summed E-state index contributed by atoms with van der Waals surface area (Å²) in [6.07, 6.45) is 4.71.